The van der Waals surface area contributed by atoms with Crippen molar-refractivity contribution in [2.45, 2.75) is 0 Å². The van der Waals surface area contributed by atoms with Crippen molar-refractivity contribution in [1.82, 2.24) is 19.9 Å². The Balaban J connectivity index is 1.75. The normalized spacial score (nSPS) is 11.0. The fourth-order valence-corrected chi connectivity index (χ4v) is 2.74. The van der Waals surface area contributed by atoms with Gasteiger partial charge in [-0.1, -0.05) is 18.2 Å². The second-order valence-corrected chi connectivity index (χ2v) is 5.32. The monoisotopic (exact) mass is 278 g/mol. The average molecular weight is 278 g/mol. The van der Waals surface area contributed by atoms with Crippen LogP contribution in [0.1, 0.15) is 0 Å². The molecule has 5 heteroatoms. The van der Waals surface area contributed by atoms with Crippen molar-refractivity contribution >= 4 is 22.4 Å². The van der Waals surface area contributed by atoms with E-state index in [0.717, 1.165) is 33.1 Å². The lowest BCUT2D eigenvalue weighted by Crippen LogP contribution is -1.88. The van der Waals surface area contributed by atoms with Crippen molar-refractivity contribution in [3.8, 4) is 22.1 Å². The van der Waals surface area contributed by atoms with E-state index >= 15 is 0 Å². The van der Waals surface area contributed by atoms with Gasteiger partial charge in [0.25, 0.3) is 0 Å². The van der Waals surface area contributed by atoms with Crippen LogP contribution in [0.2, 0.25) is 0 Å². The van der Waals surface area contributed by atoms with Crippen LogP contribution in [0.15, 0.2) is 54.2 Å². The zero-order valence-corrected chi connectivity index (χ0v) is 11.3. The van der Waals surface area contributed by atoms with Gasteiger partial charge in [-0.15, -0.1) is 11.3 Å². The number of thiophene rings is 1. The minimum atomic E-state index is 0.750. The number of fused-ring (bicyclic) bond motifs is 1. The molecule has 3 aromatic heterocycles. The van der Waals surface area contributed by atoms with Crippen molar-refractivity contribution in [2.75, 3.05) is 0 Å². The maximum absolute atomic E-state index is 4.54. The van der Waals surface area contributed by atoms with Crippen molar-refractivity contribution in [2.24, 2.45) is 0 Å². The van der Waals surface area contributed by atoms with E-state index < -0.39 is 0 Å². The number of benzene rings is 1. The number of nitrogens with one attached hydrogen (secondary N) is 1. The quantitative estimate of drug-likeness (QED) is 0.607. The number of rotatable bonds is 2. The van der Waals surface area contributed by atoms with Crippen molar-refractivity contribution < 1.29 is 0 Å². The smallest absolute Gasteiger partial charge is 0.169 e. The van der Waals surface area contributed by atoms with Gasteiger partial charge in [0.2, 0.25) is 0 Å². The summed E-state index contributed by atoms with van der Waals surface area (Å²) in [4.78, 5) is 17.7. The van der Waals surface area contributed by atoms with Gasteiger partial charge in [-0.2, -0.15) is 0 Å². The number of nitrogens with zero attached hydrogens (tertiary/aromatic N) is 3. The molecule has 96 valence electrons. The van der Waals surface area contributed by atoms with Crippen LogP contribution in [0.5, 0.6) is 0 Å². The molecule has 4 aromatic rings. The molecule has 0 saturated carbocycles. The standard InChI is InChI=1S/C15H10N4S/c1-2-5-12-11(4-1)18-14(19-12)10-8-16-15(17-9-10)13-6-3-7-20-13/h1-9H,(H,18,19). The lowest BCUT2D eigenvalue weighted by Gasteiger charge is -1.98. The van der Waals surface area contributed by atoms with Gasteiger partial charge in [-0.25, -0.2) is 15.0 Å². The van der Waals surface area contributed by atoms with Crippen LogP contribution in [0.25, 0.3) is 33.1 Å². The molecule has 0 spiro atoms. The molecule has 3 heterocycles. The van der Waals surface area contributed by atoms with Gasteiger partial charge in [-0.05, 0) is 23.6 Å². The summed E-state index contributed by atoms with van der Waals surface area (Å²) in [6.07, 6.45) is 3.61. The molecule has 0 saturated heterocycles. The van der Waals surface area contributed by atoms with Crippen LogP contribution < -0.4 is 0 Å². The molecular formula is C15H10N4S. The summed E-state index contributed by atoms with van der Waals surface area (Å²) in [5.41, 5.74) is 2.86. The molecule has 20 heavy (non-hydrogen) atoms. The molecule has 0 aliphatic rings. The number of aromatic nitrogens is 4. The molecule has 1 N–H and O–H groups in total. The number of imidazole rings is 1. The van der Waals surface area contributed by atoms with Crippen LogP contribution in [-0.4, -0.2) is 19.9 Å². The third-order valence-corrected chi connectivity index (χ3v) is 3.92. The molecule has 0 aliphatic carbocycles. The largest absolute Gasteiger partial charge is 0.338 e. The van der Waals surface area contributed by atoms with E-state index in [9.17, 15) is 0 Å². The second kappa shape index (κ2) is 4.54. The van der Waals surface area contributed by atoms with Gasteiger partial charge in [-0.3, -0.25) is 0 Å². The zero-order valence-electron chi connectivity index (χ0n) is 10.4. The van der Waals surface area contributed by atoms with Gasteiger partial charge < -0.3 is 4.98 Å². The molecule has 4 rings (SSSR count). The molecule has 0 amide bonds. The van der Waals surface area contributed by atoms with Crippen LogP contribution in [-0.2, 0) is 0 Å². The van der Waals surface area contributed by atoms with Crippen molar-refractivity contribution in [3.63, 3.8) is 0 Å². The SMILES string of the molecule is c1csc(-c2ncc(-c3nc4ccccc4[nH]3)cn2)c1. The van der Waals surface area contributed by atoms with E-state index in [4.69, 9.17) is 0 Å². The molecular weight excluding hydrogens is 268 g/mol. The number of hydrogen-bond acceptors (Lipinski definition) is 4. The summed E-state index contributed by atoms with van der Waals surface area (Å²) in [6, 6.07) is 12.0. The van der Waals surface area contributed by atoms with E-state index in [1.54, 1.807) is 23.7 Å². The van der Waals surface area contributed by atoms with Crippen LogP contribution >= 0.6 is 11.3 Å². The summed E-state index contributed by atoms with van der Waals surface area (Å²) >= 11 is 1.63. The Labute approximate surface area is 119 Å². The molecule has 0 fully saturated rings. The lowest BCUT2D eigenvalue weighted by atomic mass is 10.3. The third kappa shape index (κ3) is 1.88. The van der Waals surface area contributed by atoms with Gasteiger partial charge in [0.05, 0.1) is 21.5 Å². The molecule has 1 aromatic carbocycles. The number of aromatic amines is 1. The highest BCUT2D eigenvalue weighted by Crippen LogP contribution is 2.23. The predicted octanol–water partition coefficient (Wildman–Crippen LogP) is 3.75. The van der Waals surface area contributed by atoms with Gasteiger partial charge in [0, 0.05) is 12.4 Å². The highest BCUT2D eigenvalue weighted by Gasteiger charge is 2.07. The maximum atomic E-state index is 4.54. The third-order valence-electron chi connectivity index (χ3n) is 3.06. The summed E-state index contributed by atoms with van der Waals surface area (Å²) in [7, 11) is 0. The van der Waals surface area contributed by atoms with E-state index in [1.165, 1.54) is 0 Å². The minimum absolute atomic E-state index is 0.750. The van der Waals surface area contributed by atoms with Crippen molar-refractivity contribution in [1.29, 1.82) is 0 Å². The zero-order chi connectivity index (χ0) is 13.4. The fourth-order valence-electron chi connectivity index (χ4n) is 2.07. The van der Waals surface area contributed by atoms with E-state index in [-0.39, 0.29) is 0 Å². The molecule has 0 unspecified atom stereocenters. The topological polar surface area (TPSA) is 54.5 Å². The average Bonchev–Trinajstić information content (AvgIpc) is 3.17. The minimum Gasteiger partial charge on any atom is -0.338 e. The first-order valence-electron chi connectivity index (χ1n) is 6.21. The van der Waals surface area contributed by atoms with E-state index in [0.29, 0.717) is 0 Å². The first kappa shape index (κ1) is 11.3. The van der Waals surface area contributed by atoms with Crippen LogP contribution in [0.3, 0.4) is 0 Å². The highest BCUT2D eigenvalue weighted by atomic mass is 32.1. The number of para-hydroxylation sites is 2. The van der Waals surface area contributed by atoms with Gasteiger partial charge >= 0.3 is 0 Å². The molecule has 0 aliphatic heterocycles. The Morgan fingerprint density at radius 2 is 1.80 bits per heavy atom. The van der Waals surface area contributed by atoms with E-state index in [2.05, 4.69) is 19.9 Å². The maximum Gasteiger partial charge on any atom is 0.169 e. The van der Waals surface area contributed by atoms with Gasteiger partial charge in [0.15, 0.2) is 5.82 Å². The first-order chi connectivity index (χ1) is 9.90. The number of H-pyrrole nitrogens is 1. The fraction of sp³-hybridized carbons (Fsp3) is 0. The summed E-state index contributed by atoms with van der Waals surface area (Å²) < 4.78 is 0. The molecule has 0 radical (unpaired) electrons. The summed E-state index contributed by atoms with van der Waals surface area (Å²) in [5, 5.41) is 2.02. The number of hydrogen-bond donors (Lipinski definition) is 1. The summed E-state index contributed by atoms with van der Waals surface area (Å²) in [5.74, 6) is 1.55. The Morgan fingerprint density at radius 3 is 2.55 bits per heavy atom. The van der Waals surface area contributed by atoms with Crippen molar-refractivity contribution in [3.05, 3.63) is 54.2 Å². The van der Waals surface area contributed by atoms with Crippen LogP contribution in [0, 0.1) is 0 Å². The van der Waals surface area contributed by atoms with E-state index in [1.807, 2.05) is 41.8 Å². The molecule has 0 atom stereocenters. The second-order valence-electron chi connectivity index (χ2n) is 4.38. The highest BCUT2D eigenvalue weighted by molar-refractivity contribution is 7.13. The Hall–Kier alpha value is -2.53. The Kier molecular flexibility index (Phi) is 2.57. The Bertz CT molecular complexity index is 814. The first-order valence-corrected chi connectivity index (χ1v) is 7.09. The van der Waals surface area contributed by atoms with Gasteiger partial charge in [0.1, 0.15) is 5.82 Å². The summed E-state index contributed by atoms with van der Waals surface area (Å²) in [6.45, 7) is 0. The van der Waals surface area contributed by atoms with Crippen LogP contribution in [0.4, 0.5) is 0 Å². The molecule has 0 bridgehead atoms. The molecule has 4 nitrogen and oxygen atoms in total. The lowest BCUT2D eigenvalue weighted by molar-refractivity contribution is 1.17. The Morgan fingerprint density at radius 1 is 0.950 bits per heavy atom. The predicted molar refractivity (Wildman–Crippen MR) is 80.4 cm³/mol.